The number of fused-ring (bicyclic) bond motifs is 1. The minimum atomic E-state index is 0.0547. The van der Waals surface area contributed by atoms with Crippen molar-refractivity contribution in [1.29, 1.82) is 0 Å². The summed E-state index contributed by atoms with van der Waals surface area (Å²) in [5.74, 6) is 0.0547. The number of aryl methyl sites for hydroxylation is 4. The van der Waals surface area contributed by atoms with E-state index < -0.39 is 0 Å². The fourth-order valence-corrected chi connectivity index (χ4v) is 3.86. The van der Waals surface area contributed by atoms with Crippen LogP contribution in [-0.4, -0.2) is 15.9 Å². The van der Waals surface area contributed by atoms with Gasteiger partial charge < -0.3 is 10.3 Å². The van der Waals surface area contributed by atoms with Crippen LogP contribution >= 0.6 is 0 Å². The van der Waals surface area contributed by atoms with Gasteiger partial charge in [-0.3, -0.25) is 9.78 Å². The van der Waals surface area contributed by atoms with Crippen molar-refractivity contribution < 1.29 is 4.79 Å². The van der Waals surface area contributed by atoms with Gasteiger partial charge in [-0.05, 0) is 80.6 Å². The first-order valence-electron chi connectivity index (χ1n) is 10.4. The molecule has 4 rings (SSSR count). The van der Waals surface area contributed by atoms with Gasteiger partial charge in [-0.25, -0.2) is 0 Å². The number of benzene rings is 2. The second-order valence-electron chi connectivity index (χ2n) is 7.96. The number of pyridine rings is 1. The number of carbonyl (C=O) groups is 1. The normalized spacial score (nSPS) is 11.0. The van der Waals surface area contributed by atoms with Crippen molar-refractivity contribution in [1.82, 2.24) is 9.97 Å². The molecule has 30 heavy (non-hydrogen) atoms. The molecule has 0 unspecified atom stereocenters. The molecule has 0 bridgehead atoms. The summed E-state index contributed by atoms with van der Waals surface area (Å²) in [4.78, 5) is 20.6. The van der Waals surface area contributed by atoms with Crippen LogP contribution < -0.4 is 5.32 Å². The Hall–Kier alpha value is -3.40. The van der Waals surface area contributed by atoms with E-state index in [2.05, 4.69) is 46.5 Å². The number of amides is 1. The van der Waals surface area contributed by atoms with Gasteiger partial charge >= 0.3 is 0 Å². The molecule has 2 aromatic heterocycles. The van der Waals surface area contributed by atoms with E-state index in [1.54, 1.807) is 0 Å². The lowest BCUT2D eigenvalue weighted by Gasteiger charge is -2.10. The van der Waals surface area contributed by atoms with E-state index in [1.165, 1.54) is 16.5 Å². The number of anilines is 1. The van der Waals surface area contributed by atoms with Gasteiger partial charge in [-0.2, -0.15) is 0 Å². The molecular formula is C26H27N3O. The molecule has 0 fully saturated rings. The smallest absolute Gasteiger partial charge is 0.224 e. The Morgan fingerprint density at radius 2 is 1.80 bits per heavy atom. The zero-order valence-corrected chi connectivity index (χ0v) is 17.8. The van der Waals surface area contributed by atoms with E-state index in [0.29, 0.717) is 6.42 Å². The predicted octanol–water partition coefficient (Wildman–Crippen LogP) is 6.12. The van der Waals surface area contributed by atoms with E-state index in [4.69, 9.17) is 0 Å². The molecule has 0 aliphatic carbocycles. The first-order chi connectivity index (χ1) is 14.5. The summed E-state index contributed by atoms with van der Waals surface area (Å²) in [6, 6.07) is 18.5. The van der Waals surface area contributed by atoms with Crippen LogP contribution in [0.5, 0.6) is 0 Å². The Bertz CT molecular complexity index is 1190. The number of aromatic nitrogens is 2. The van der Waals surface area contributed by atoms with E-state index in [1.807, 2.05) is 50.4 Å². The maximum absolute atomic E-state index is 12.5. The van der Waals surface area contributed by atoms with E-state index in [-0.39, 0.29) is 5.91 Å². The summed E-state index contributed by atoms with van der Waals surface area (Å²) in [7, 11) is 0. The van der Waals surface area contributed by atoms with Gasteiger partial charge in [-0.1, -0.05) is 29.8 Å². The average molecular weight is 398 g/mol. The Balaban J connectivity index is 1.52. The van der Waals surface area contributed by atoms with Gasteiger partial charge in [0.05, 0.1) is 11.4 Å². The van der Waals surface area contributed by atoms with Crippen molar-refractivity contribution in [3.05, 3.63) is 83.0 Å². The molecule has 1 amide bonds. The van der Waals surface area contributed by atoms with Crippen LogP contribution in [0.4, 0.5) is 5.69 Å². The maximum Gasteiger partial charge on any atom is 0.224 e. The first-order valence-corrected chi connectivity index (χ1v) is 10.4. The fraction of sp³-hybridized carbons (Fsp3) is 0.231. The Morgan fingerprint density at radius 3 is 2.60 bits per heavy atom. The molecule has 0 atom stereocenters. The third kappa shape index (κ3) is 4.28. The molecule has 0 radical (unpaired) electrons. The minimum absolute atomic E-state index is 0.0547. The van der Waals surface area contributed by atoms with Crippen LogP contribution in [0.25, 0.3) is 22.3 Å². The summed E-state index contributed by atoms with van der Waals surface area (Å²) < 4.78 is 0. The molecule has 0 saturated heterocycles. The number of nitrogens with zero attached hydrogens (tertiary/aromatic N) is 1. The molecule has 4 aromatic rings. The number of hydrogen-bond acceptors (Lipinski definition) is 2. The summed E-state index contributed by atoms with van der Waals surface area (Å²) >= 11 is 0. The third-order valence-corrected chi connectivity index (χ3v) is 5.48. The Kier molecular flexibility index (Phi) is 5.66. The average Bonchev–Trinajstić information content (AvgIpc) is 3.09. The second kappa shape index (κ2) is 8.54. The lowest BCUT2D eigenvalue weighted by molar-refractivity contribution is -0.116. The van der Waals surface area contributed by atoms with Gasteiger partial charge in [0.1, 0.15) is 0 Å². The lowest BCUT2D eigenvalue weighted by atomic mass is 10.0. The van der Waals surface area contributed by atoms with Gasteiger partial charge in [0.15, 0.2) is 0 Å². The SMILES string of the molecule is Cc1ccc(C)c(NC(=O)CCCc2c(-c3ccccn3)[nH]c3ccc(C)cc23)c1. The predicted molar refractivity (Wildman–Crippen MR) is 124 cm³/mol. The van der Waals surface area contributed by atoms with Crippen molar-refractivity contribution >= 4 is 22.5 Å². The number of carbonyl (C=O) groups excluding carboxylic acids is 1. The molecule has 2 N–H and O–H groups in total. The molecular weight excluding hydrogens is 370 g/mol. The van der Waals surface area contributed by atoms with Crippen molar-refractivity contribution in [3.8, 4) is 11.4 Å². The second-order valence-corrected chi connectivity index (χ2v) is 7.96. The third-order valence-electron chi connectivity index (χ3n) is 5.48. The standard InChI is InChI=1S/C26H27N3O/c1-17-11-13-22-21(15-17)20(26(29-22)23-8-4-5-14-27-23)7-6-9-25(30)28-24-16-18(2)10-12-19(24)3/h4-5,8,10-16,29H,6-7,9H2,1-3H3,(H,28,30). The Labute approximate surface area is 177 Å². The topological polar surface area (TPSA) is 57.8 Å². The van der Waals surface area contributed by atoms with Crippen LogP contribution in [0.3, 0.4) is 0 Å². The summed E-state index contributed by atoms with van der Waals surface area (Å²) in [6.45, 7) is 6.16. The number of aromatic amines is 1. The summed E-state index contributed by atoms with van der Waals surface area (Å²) in [5, 5.41) is 4.28. The highest BCUT2D eigenvalue weighted by atomic mass is 16.1. The molecule has 4 nitrogen and oxygen atoms in total. The van der Waals surface area contributed by atoms with Gasteiger partial charge in [0.25, 0.3) is 0 Å². The molecule has 2 aromatic carbocycles. The zero-order valence-electron chi connectivity index (χ0n) is 17.8. The van der Waals surface area contributed by atoms with Crippen molar-refractivity contribution in [2.45, 2.75) is 40.0 Å². The number of rotatable bonds is 6. The van der Waals surface area contributed by atoms with Crippen molar-refractivity contribution in [2.24, 2.45) is 0 Å². The van der Waals surface area contributed by atoms with Crippen LogP contribution in [0.15, 0.2) is 60.8 Å². The van der Waals surface area contributed by atoms with Crippen molar-refractivity contribution in [2.75, 3.05) is 5.32 Å². The number of H-pyrrole nitrogens is 1. The number of hydrogen-bond donors (Lipinski definition) is 2. The molecule has 0 aliphatic rings. The van der Waals surface area contributed by atoms with Crippen LogP contribution in [0.1, 0.15) is 35.1 Å². The van der Waals surface area contributed by atoms with Crippen LogP contribution in [-0.2, 0) is 11.2 Å². The van der Waals surface area contributed by atoms with Gasteiger partial charge in [0.2, 0.25) is 5.91 Å². The molecule has 152 valence electrons. The highest BCUT2D eigenvalue weighted by Gasteiger charge is 2.15. The fourth-order valence-electron chi connectivity index (χ4n) is 3.86. The quantitative estimate of drug-likeness (QED) is 0.412. The van der Waals surface area contributed by atoms with Gasteiger partial charge in [-0.15, -0.1) is 0 Å². The van der Waals surface area contributed by atoms with E-state index in [0.717, 1.165) is 46.6 Å². The minimum Gasteiger partial charge on any atom is -0.353 e. The monoisotopic (exact) mass is 397 g/mol. The highest BCUT2D eigenvalue weighted by molar-refractivity contribution is 5.92. The molecule has 0 aliphatic heterocycles. The number of nitrogens with one attached hydrogen (secondary N) is 2. The molecule has 0 saturated carbocycles. The summed E-state index contributed by atoms with van der Waals surface area (Å²) in [6.07, 6.45) is 3.88. The van der Waals surface area contributed by atoms with Gasteiger partial charge in [0, 0.05) is 29.2 Å². The highest BCUT2D eigenvalue weighted by Crippen LogP contribution is 2.31. The largest absolute Gasteiger partial charge is 0.353 e. The first kappa shape index (κ1) is 19.9. The summed E-state index contributed by atoms with van der Waals surface area (Å²) in [5.41, 5.74) is 8.67. The molecule has 4 heteroatoms. The van der Waals surface area contributed by atoms with Crippen molar-refractivity contribution in [3.63, 3.8) is 0 Å². The lowest BCUT2D eigenvalue weighted by Crippen LogP contribution is -2.12. The Morgan fingerprint density at radius 1 is 1.00 bits per heavy atom. The van der Waals surface area contributed by atoms with Crippen LogP contribution in [0.2, 0.25) is 0 Å². The zero-order chi connectivity index (χ0) is 21.1. The van der Waals surface area contributed by atoms with E-state index in [9.17, 15) is 4.79 Å². The van der Waals surface area contributed by atoms with Crippen LogP contribution in [0, 0.1) is 20.8 Å². The van der Waals surface area contributed by atoms with E-state index >= 15 is 0 Å². The maximum atomic E-state index is 12.5. The molecule has 2 heterocycles. The molecule has 0 spiro atoms.